The maximum absolute atomic E-state index is 13.2. The van der Waals surface area contributed by atoms with E-state index in [0.717, 1.165) is 16.7 Å². The number of carbonyl (C=O) groups is 5. The number of ether oxygens (including phenoxy) is 6. The molecule has 26 nitrogen and oxygen atoms in total. The van der Waals surface area contributed by atoms with Crippen LogP contribution in [0.3, 0.4) is 0 Å². The highest BCUT2D eigenvalue weighted by Crippen LogP contribution is 2.39. The Morgan fingerprint density at radius 1 is 0.457 bits per heavy atom. The average Bonchev–Trinajstić information content (AvgIpc) is 1.60. The van der Waals surface area contributed by atoms with E-state index in [2.05, 4.69) is 25.3 Å². The average molecular weight is 1770 g/mol. The summed E-state index contributed by atoms with van der Waals surface area (Å²) in [7, 11) is 0. The Labute approximate surface area is 713 Å². The monoisotopic (exact) mass is 1760 g/mol. The molecule has 0 saturated carbocycles. The van der Waals surface area contributed by atoms with Crippen molar-refractivity contribution in [3.63, 3.8) is 0 Å². The number of aromatic nitrogens is 10. The van der Waals surface area contributed by atoms with E-state index >= 15 is 0 Å². The van der Waals surface area contributed by atoms with Gasteiger partial charge in [0.2, 0.25) is 0 Å². The Hall–Kier alpha value is -9.61. The standard InChI is InChI=1S/C27H27Cl3N4O4.C25H23Cl3N4O4.C16H22O5.C13H13Cl3N4O/c1-6-37-26(36)27(4,5)38-17-9-7-15(8-10-17)11-20-31-24-21(25(35)32-20)22(14(2)3)33-34(24)23-18(29)12-16(28)13-19(23)30;1-12(2)20-19-22(32(31-20)21-16(27)10-14(26)11-17(21)28)29-18(30-23(19)33)9-13-5-7-15(8-6-13)36-25(3,4)24(34)35;1-5-19-14(17)11-12-7-9-13(10-8-12)21-16(3,4)15(18)20-6-2;1-5(2)10-9(13(18)21)12(17)20(19-10)11-7(15)3-6(14)4-8(11)16/h7-10,12-14H,6,11H2,1-5H3,(H,31,32,35);5-8,10-12H,9H2,1-4H3,(H,34,35)(H,29,30,33);7-10H,5-6,11H2,1-4H3;3-5H,17H2,1-2H3,(H2,18,21). The molecule has 0 saturated heterocycles. The normalized spacial score (nSPS) is 11.5. The van der Waals surface area contributed by atoms with Crippen LogP contribution in [0, 0.1) is 0 Å². The minimum absolute atomic E-state index is 0.0408. The number of amides is 1. The molecule has 5 aromatic heterocycles. The topological polar surface area (TPSA) is 358 Å². The van der Waals surface area contributed by atoms with E-state index in [1.807, 2.05) is 53.7 Å². The number of rotatable bonds is 25. The largest absolute Gasteiger partial charge is 0.478 e. The van der Waals surface area contributed by atoms with Gasteiger partial charge in [0, 0.05) is 27.9 Å². The molecule has 11 aromatic rings. The fraction of sp³-hybridized carbons (Fsp3) is 0.333. The van der Waals surface area contributed by atoms with Gasteiger partial charge >= 0.3 is 23.9 Å². The predicted octanol–water partition coefficient (Wildman–Crippen LogP) is 18.7. The molecule has 0 aliphatic rings. The molecule has 35 heteroatoms. The summed E-state index contributed by atoms with van der Waals surface area (Å²) >= 11 is 56.3. The molecule has 0 atom stereocenters. The van der Waals surface area contributed by atoms with Crippen molar-refractivity contribution in [2.45, 2.75) is 158 Å². The first-order valence-electron chi connectivity index (χ1n) is 36.1. The highest BCUT2D eigenvalue weighted by atomic mass is 35.5. The molecule has 6 aromatic carbocycles. The molecule has 0 spiro atoms. The molecule has 0 aliphatic heterocycles. The summed E-state index contributed by atoms with van der Waals surface area (Å²) in [6.45, 7) is 27.3. The molecule has 11 rings (SSSR count). The van der Waals surface area contributed by atoms with Crippen molar-refractivity contribution in [3.05, 3.63) is 226 Å². The number of nitrogens with one attached hydrogen (secondary N) is 2. The van der Waals surface area contributed by atoms with Crippen LogP contribution in [0.1, 0.15) is 177 Å². The lowest BCUT2D eigenvalue weighted by Gasteiger charge is -2.24. The molecule has 0 fully saturated rings. The number of nitrogen functional groups attached to an aromatic ring is 1. The van der Waals surface area contributed by atoms with E-state index in [9.17, 15) is 38.7 Å². The molecular weight excluding hydrogens is 1680 g/mol. The van der Waals surface area contributed by atoms with Crippen molar-refractivity contribution in [2.24, 2.45) is 5.73 Å². The molecule has 0 radical (unpaired) electrons. The van der Waals surface area contributed by atoms with Crippen LogP contribution in [0.2, 0.25) is 45.2 Å². The number of H-pyrrole nitrogens is 2. The number of aromatic amines is 2. The molecule has 0 unspecified atom stereocenters. The van der Waals surface area contributed by atoms with Crippen LogP contribution in [-0.4, -0.2) is 121 Å². The van der Waals surface area contributed by atoms with Crippen LogP contribution >= 0.6 is 104 Å². The van der Waals surface area contributed by atoms with Gasteiger partial charge in [-0.25, -0.2) is 38.4 Å². The summed E-state index contributed by atoms with van der Waals surface area (Å²) in [5, 5.41) is 26.4. The van der Waals surface area contributed by atoms with Crippen molar-refractivity contribution in [1.82, 2.24) is 49.3 Å². The van der Waals surface area contributed by atoms with Gasteiger partial charge < -0.3 is 55.0 Å². The van der Waals surface area contributed by atoms with Crippen molar-refractivity contribution >= 4 is 162 Å². The van der Waals surface area contributed by atoms with E-state index in [1.54, 1.807) is 133 Å². The van der Waals surface area contributed by atoms with Crippen molar-refractivity contribution in [2.75, 3.05) is 25.6 Å². The summed E-state index contributed by atoms with van der Waals surface area (Å²) in [5.41, 5.74) is 13.3. The van der Waals surface area contributed by atoms with Crippen LogP contribution < -0.4 is 36.8 Å². The Kier molecular flexibility index (Phi) is 31.0. The number of primary amides is 1. The molecule has 5 heterocycles. The molecule has 0 bridgehead atoms. The first-order chi connectivity index (χ1) is 54.4. The molecule has 1 amide bonds. The third-order valence-corrected chi connectivity index (χ3v) is 19.4. The third-order valence-electron chi connectivity index (χ3n) is 17.0. The van der Waals surface area contributed by atoms with Crippen LogP contribution in [0.4, 0.5) is 5.82 Å². The number of anilines is 1. The summed E-state index contributed by atoms with van der Waals surface area (Å²) < 4.78 is 36.2. The minimum Gasteiger partial charge on any atom is -0.478 e. The van der Waals surface area contributed by atoms with Gasteiger partial charge in [0.15, 0.2) is 28.1 Å². The molecule has 7 N–H and O–H groups in total. The highest BCUT2D eigenvalue weighted by Gasteiger charge is 2.35. The molecule has 116 heavy (non-hydrogen) atoms. The number of esters is 3. The predicted molar refractivity (Wildman–Crippen MR) is 453 cm³/mol. The lowest BCUT2D eigenvalue weighted by molar-refractivity contribution is -0.159. The Bertz CT molecular complexity index is 5520. The van der Waals surface area contributed by atoms with Gasteiger partial charge in [0.25, 0.3) is 17.0 Å². The summed E-state index contributed by atoms with van der Waals surface area (Å²) in [5.74, 6) is -0.604. The van der Waals surface area contributed by atoms with E-state index in [1.165, 1.54) is 40.0 Å². The van der Waals surface area contributed by atoms with Gasteiger partial charge in [-0.15, -0.1) is 0 Å². The molecular formula is C81H85Cl9N12O14. The van der Waals surface area contributed by atoms with E-state index < -0.39 is 40.6 Å². The Morgan fingerprint density at radius 3 is 1.05 bits per heavy atom. The lowest BCUT2D eigenvalue weighted by atomic mass is 10.1. The zero-order valence-electron chi connectivity index (χ0n) is 65.8. The first-order valence-corrected chi connectivity index (χ1v) is 39.5. The molecule has 0 aliphatic carbocycles. The van der Waals surface area contributed by atoms with Crippen LogP contribution in [0.25, 0.3) is 39.1 Å². The van der Waals surface area contributed by atoms with Crippen LogP contribution in [0.15, 0.2) is 119 Å². The lowest BCUT2D eigenvalue weighted by Crippen LogP contribution is -2.39. The first kappa shape index (κ1) is 91.9. The number of aliphatic carboxylic acids is 1. The number of hydrogen-bond acceptors (Lipinski definition) is 19. The third kappa shape index (κ3) is 22.6. The minimum atomic E-state index is -1.36. The summed E-state index contributed by atoms with van der Waals surface area (Å²) in [6.07, 6.45) is 0.852. The van der Waals surface area contributed by atoms with Gasteiger partial charge in [-0.2, -0.15) is 15.3 Å². The van der Waals surface area contributed by atoms with Crippen molar-refractivity contribution in [1.29, 1.82) is 0 Å². The second kappa shape index (κ2) is 39.1. The van der Waals surface area contributed by atoms with Gasteiger partial charge in [0.05, 0.1) is 73.5 Å². The summed E-state index contributed by atoms with van der Waals surface area (Å²) in [4.78, 5) is 99.7. The SMILES string of the molecule is CC(C)c1nn(-c2c(Cl)cc(Cl)cc2Cl)c(N)c1C(N)=O.CC(C)c1nn(-c2c(Cl)cc(Cl)cc2Cl)c2nc(Cc3ccc(OC(C)(C)C(=O)O)cc3)[nH]c(=O)c12.CCOC(=O)C(C)(C)Oc1ccc(Cc2nc3c(c(C(C)C)nn3-c3c(Cl)cc(Cl)cc3Cl)c(=O)[nH]2)cc1.CCOC(=O)Cc1ccc(OC(C)(C)C(=O)OCC)cc1. The Balaban J connectivity index is 0.000000200. The number of benzene rings is 6. The number of nitrogens with two attached hydrogens (primary N) is 2. The van der Waals surface area contributed by atoms with E-state index in [0.29, 0.717) is 126 Å². The van der Waals surface area contributed by atoms with Gasteiger partial charge in [-0.3, -0.25) is 19.2 Å². The van der Waals surface area contributed by atoms with E-state index in [-0.39, 0.29) is 89.4 Å². The highest BCUT2D eigenvalue weighted by molar-refractivity contribution is 6.42. The number of fused-ring (bicyclic) bond motifs is 2. The number of carboxylic acid groups (broad SMARTS) is 1. The number of nitrogens with zero attached hydrogens (tertiary/aromatic N) is 8. The van der Waals surface area contributed by atoms with Gasteiger partial charge in [0.1, 0.15) is 68.1 Å². The number of hydrogen-bond donors (Lipinski definition) is 5. The maximum atomic E-state index is 13.2. The van der Waals surface area contributed by atoms with Crippen LogP contribution in [0.5, 0.6) is 17.2 Å². The molecule has 616 valence electrons. The second-order valence-electron chi connectivity index (χ2n) is 28.4. The van der Waals surface area contributed by atoms with Gasteiger partial charge in [-0.05, 0) is 170 Å². The fourth-order valence-electron chi connectivity index (χ4n) is 11.4. The maximum Gasteiger partial charge on any atom is 0.349 e. The second-order valence-corrected chi connectivity index (χ2v) is 32.2. The van der Waals surface area contributed by atoms with Crippen LogP contribution in [-0.2, 0) is 52.7 Å². The number of carboxylic acids is 1. The smallest absolute Gasteiger partial charge is 0.349 e. The van der Waals surface area contributed by atoms with Crippen molar-refractivity contribution in [3.8, 4) is 34.3 Å². The fourth-order valence-corrected chi connectivity index (χ4v) is 14.3. The zero-order valence-corrected chi connectivity index (χ0v) is 72.6. The summed E-state index contributed by atoms with van der Waals surface area (Å²) in [6, 6.07) is 30.3. The number of carbonyl (C=O) groups excluding carboxylic acids is 4. The van der Waals surface area contributed by atoms with Crippen molar-refractivity contribution < 1.29 is 57.5 Å². The zero-order chi connectivity index (χ0) is 85.9. The Morgan fingerprint density at radius 2 is 0.759 bits per heavy atom. The van der Waals surface area contributed by atoms with Gasteiger partial charge in [-0.1, -0.05) is 182 Å². The quantitative estimate of drug-likeness (QED) is 0.0262. The number of halogens is 9. The van der Waals surface area contributed by atoms with E-state index in [4.69, 9.17) is 154 Å².